The molecule has 4 rings (SSSR count). The lowest BCUT2D eigenvalue weighted by atomic mass is 10.2. The van der Waals surface area contributed by atoms with Crippen LogP contribution in [0.5, 0.6) is 5.75 Å². The Morgan fingerprint density at radius 1 is 1.20 bits per heavy atom. The maximum Gasteiger partial charge on any atom is 0.267 e. The third-order valence-electron chi connectivity index (χ3n) is 4.54. The molecule has 0 fully saturated rings. The van der Waals surface area contributed by atoms with Crippen molar-refractivity contribution in [2.45, 2.75) is 33.9 Å². The van der Waals surface area contributed by atoms with Gasteiger partial charge in [-0.1, -0.05) is 12.1 Å². The first-order valence-electron chi connectivity index (χ1n) is 9.60. The van der Waals surface area contributed by atoms with E-state index in [0.29, 0.717) is 16.6 Å². The fraction of sp³-hybridized carbons (Fsp3) is 0.227. The summed E-state index contributed by atoms with van der Waals surface area (Å²) in [5.41, 5.74) is 4.86. The van der Waals surface area contributed by atoms with Crippen LogP contribution in [0.15, 0.2) is 47.3 Å². The van der Waals surface area contributed by atoms with Crippen molar-refractivity contribution in [1.82, 2.24) is 14.8 Å². The zero-order valence-electron chi connectivity index (χ0n) is 17.0. The number of benzene rings is 1. The minimum atomic E-state index is -0.163. The maximum absolute atomic E-state index is 12.6. The normalized spacial score (nSPS) is 10.9. The van der Waals surface area contributed by atoms with Crippen LogP contribution in [0.2, 0.25) is 0 Å². The average molecular weight is 439 g/mol. The smallest absolute Gasteiger partial charge is 0.267 e. The molecule has 0 atom stereocenters. The van der Waals surface area contributed by atoms with E-state index in [9.17, 15) is 4.79 Å². The van der Waals surface area contributed by atoms with Gasteiger partial charge in [0.25, 0.3) is 5.91 Å². The molecule has 0 bridgehead atoms. The van der Waals surface area contributed by atoms with Crippen LogP contribution in [0.1, 0.15) is 33.4 Å². The Kier molecular flexibility index (Phi) is 5.96. The highest BCUT2D eigenvalue weighted by atomic mass is 32.1. The molecule has 0 aliphatic heterocycles. The molecule has 1 aromatic carbocycles. The number of thiazole rings is 1. The van der Waals surface area contributed by atoms with Gasteiger partial charge in [0.1, 0.15) is 12.4 Å². The molecule has 3 heterocycles. The Morgan fingerprint density at radius 2 is 2.07 bits per heavy atom. The highest BCUT2D eigenvalue weighted by molar-refractivity contribution is 7.14. The highest BCUT2D eigenvalue weighted by Gasteiger charge is 2.15. The number of aromatic nitrogens is 3. The van der Waals surface area contributed by atoms with Gasteiger partial charge < -0.3 is 4.74 Å². The SMILES string of the molecule is CCn1cc(-c2csc(NC(=O)c3cc(COc4cccc(C)c4)cs3)n2)c(C)n1. The van der Waals surface area contributed by atoms with Crippen molar-refractivity contribution >= 4 is 33.7 Å². The fourth-order valence-corrected chi connectivity index (χ4v) is 4.48. The van der Waals surface area contributed by atoms with Gasteiger partial charge in [-0.25, -0.2) is 4.98 Å². The molecular weight excluding hydrogens is 416 g/mol. The zero-order chi connectivity index (χ0) is 21.1. The third kappa shape index (κ3) is 4.60. The van der Waals surface area contributed by atoms with Gasteiger partial charge in [-0.05, 0) is 49.9 Å². The molecule has 3 aromatic heterocycles. The first kappa shape index (κ1) is 20.3. The van der Waals surface area contributed by atoms with Gasteiger partial charge in [-0.15, -0.1) is 22.7 Å². The van der Waals surface area contributed by atoms with E-state index in [1.807, 2.05) is 72.7 Å². The van der Waals surface area contributed by atoms with E-state index in [4.69, 9.17) is 4.74 Å². The molecule has 4 aromatic rings. The summed E-state index contributed by atoms with van der Waals surface area (Å²) in [6.07, 6.45) is 1.98. The van der Waals surface area contributed by atoms with E-state index in [1.54, 1.807) is 0 Å². The predicted molar refractivity (Wildman–Crippen MR) is 122 cm³/mol. The maximum atomic E-state index is 12.6. The quantitative estimate of drug-likeness (QED) is 0.411. The number of hydrogen-bond donors (Lipinski definition) is 1. The lowest BCUT2D eigenvalue weighted by molar-refractivity contribution is 0.103. The van der Waals surface area contributed by atoms with Crippen molar-refractivity contribution in [1.29, 1.82) is 0 Å². The van der Waals surface area contributed by atoms with Crippen molar-refractivity contribution in [3.05, 3.63) is 69.0 Å². The molecular formula is C22H22N4O2S2. The number of thiophene rings is 1. The molecule has 154 valence electrons. The van der Waals surface area contributed by atoms with E-state index >= 15 is 0 Å². The van der Waals surface area contributed by atoms with Gasteiger partial charge in [0, 0.05) is 29.2 Å². The first-order valence-corrected chi connectivity index (χ1v) is 11.4. The van der Waals surface area contributed by atoms with Crippen molar-refractivity contribution in [2.75, 3.05) is 5.32 Å². The topological polar surface area (TPSA) is 69.0 Å². The van der Waals surface area contributed by atoms with Crippen LogP contribution in [0.3, 0.4) is 0 Å². The van der Waals surface area contributed by atoms with Gasteiger partial charge in [-0.3, -0.25) is 14.8 Å². The number of aryl methyl sites for hydroxylation is 3. The summed E-state index contributed by atoms with van der Waals surface area (Å²) >= 11 is 2.81. The van der Waals surface area contributed by atoms with Crippen LogP contribution in [0.4, 0.5) is 5.13 Å². The lowest BCUT2D eigenvalue weighted by Gasteiger charge is -2.05. The van der Waals surface area contributed by atoms with E-state index in [0.717, 1.165) is 40.4 Å². The number of carbonyl (C=O) groups excluding carboxylic acids is 1. The Morgan fingerprint density at radius 3 is 2.83 bits per heavy atom. The van der Waals surface area contributed by atoms with Gasteiger partial charge in [-0.2, -0.15) is 5.10 Å². The van der Waals surface area contributed by atoms with E-state index in [-0.39, 0.29) is 5.91 Å². The van der Waals surface area contributed by atoms with Crippen molar-refractivity contribution in [3.8, 4) is 17.0 Å². The zero-order valence-corrected chi connectivity index (χ0v) is 18.6. The predicted octanol–water partition coefficient (Wildman–Crippen LogP) is 5.54. The number of nitrogens with zero attached hydrogens (tertiary/aromatic N) is 3. The number of ether oxygens (including phenoxy) is 1. The van der Waals surface area contributed by atoms with Gasteiger partial charge in [0.2, 0.25) is 0 Å². The van der Waals surface area contributed by atoms with E-state index in [2.05, 4.69) is 15.4 Å². The summed E-state index contributed by atoms with van der Waals surface area (Å²) in [4.78, 5) is 17.8. The third-order valence-corrected chi connectivity index (χ3v) is 6.28. The van der Waals surface area contributed by atoms with E-state index in [1.165, 1.54) is 22.7 Å². The number of rotatable bonds is 7. The van der Waals surface area contributed by atoms with Crippen LogP contribution in [-0.2, 0) is 13.2 Å². The summed E-state index contributed by atoms with van der Waals surface area (Å²) in [6, 6.07) is 9.78. The summed E-state index contributed by atoms with van der Waals surface area (Å²) in [5, 5.41) is 11.8. The van der Waals surface area contributed by atoms with E-state index < -0.39 is 0 Å². The molecule has 6 nitrogen and oxygen atoms in total. The molecule has 1 amide bonds. The molecule has 0 radical (unpaired) electrons. The second kappa shape index (κ2) is 8.81. The van der Waals surface area contributed by atoms with Crippen LogP contribution in [0.25, 0.3) is 11.3 Å². The van der Waals surface area contributed by atoms with Gasteiger partial charge in [0.05, 0.1) is 16.3 Å². The molecule has 0 unspecified atom stereocenters. The van der Waals surface area contributed by atoms with Gasteiger partial charge >= 0.3 is 0 Å². The Balaban J connectivity index is 1.39. The largest absolute Gasteiger partial charge is 0.489 e. The molecule has 0 saturated heterocycles. The number of hydrogen-bond acceptors (Lipinski definition) is 6. The average Bonchev–Trinajstić information content (AvgIpc) is 3.46. The second-order valence-electron chi connectivity index (χ2n) is 6.90. The lowest BCUT2D eigenvalue weighted by Crippen LogP contribution is -2.09. The second-order valence-corrected chi connectivity index (χ2v) is 8.67. The minimum Gasteiger partial charge on any atom is -0.489 e. The summed E-state index contributed by atoms with van der Waals surface area (Å²) in [5.74, 6) is 0.660. The molecule has 0 saturated carbocycles. The number of carbonyl (C=O) groups is 1. The Labute approximate surface area is 183 Å². The molecule has 0 spiro atoms. The summed E-state index contributed by atoms with van der Waals surface area (Å²) in [7, 11) is 0. The first-order chi connectivity index (χ1) is 14.5. The standard InChI is InChI=1S/C22H22N4O2S2/c1-4-26-10-18(15(3)25-26)19-13-30-22(23-19)24-21(27)20-9-16(12-29-20)11-28-17-7-5-6-14(2)8-17/h5-10,12-13H,4,11H2,1-3H3,(H,23,24,27). The van der Waals surface area contributed by atoms with Crippen LogP contribution in [-0.4, -0.2) is 20.7 Å². The molecule has 0 aliphatic rings. The fourth-order valence-electron chi connectivity index (χ4n) is 2.99. The molecule has 30 heavy (non-hydrogen) atoms. The minimum absolute atomic E-state index is 0.163. The van der Waals surface area contributed by atoms with Crippen molar-refractivity contribution in [3.63, 3.8) is 0 Å². The monoisotopic (exact) mass is 438 g/mol. The molecule has 8 heteroatoms. The van der Waals surface area contributed by atoms with Crippen molar-refractivity contribution in [2.24, 2.45) is 0 Å². The molecule has 0 aliphatic carbocycles. The highest BCUT2D eigenvalue weighted by Crippen LogP contribution is 2.28. The Bertz CT molecular complexity index is 1180. The van der Waals surface area contributed by atoms with Crippen LogP contribution in [0, 0.1) is 13.8 Å². The number of nitrogens with one attached hydrogen (secondary N) is 1. The summed E-state index contributed by atoms with van der Waals surface area (Å²) in [6.45, 7) is 7.27. The summed E-state index contributed by atoms with van der Waals surface area (Å²) < 4.78 is 7.70. The molecule has 1 N–H and O–H groups in total. The van der Waals surface area contributed by atoms with Crippen molar-refractivity contribution < 1.29 is 9.53 Å². The van der Waals surface area contributed by atoms with Crippen LogP contribution < -0.4 is 10.1 Å². The number of anilines is 1. The Hall–Kier alpha value is -2.97. The van der Waals surface area contributed by atoms with Gasteiger partial charge in [0.15, 0.2) is 5.13 Å². The van der Waals surface area contributed by atoms with Crippen LogP contribution >= 0.6 is 22.7 Å². The number of amides is 1.